The summed E-state index contributed by atoms with van der Waals surface area (Å²) in [6, 6.07) is 15.7. The lowest BCUT2D eigenvalue weighted by Crippen LogP contribution is -2.36. The second-order valence-electron chi connectivity index (χ2n) is 6.82. The number of anilines is 1. The maximum atomic E-state index is 12.1. The number of benzene rings is 2. The predicted molar refractivity (Wildman–Crippen MR) is 108 cm³/mol. The van der Waals surface area contributed by atoms with Gasteiger partial charge in [0, 0.05) is 17.8 Å². The van der Waals surface area contributed by atoms with Crippen molar-refractivity contribution in [1.82, 2.24) is 10.0 Å². The lowest BCUT2D eigenvalue weighted by Gasteiger charge is -2.15. The average molecular weight is 390 g/mol. The number of amides is 2. The highest BCUT2D eigenvalue weighted by molar-refractivity contribution is 7.89. The largest absolute Gasteiger partial charge is 0.335 e. The van der Waals surface area contributed by atoms with Gasteiger partial charge in [-0.05, 0) is 63.4 Å². The van der Waals surface area contributed by atoms with E-state index in [9.17, 15) is 13.2 Å². The molecule has 0 bridgehead atoms. The minimum Gasteiger partial charge on any atom is -0.335 e. The topological polar surface area (TPSA) is 87.3 Å². The van der Waals surface area contributed by atoms with Crippen molar-refractivity contribution in [2.75, 3.05) is 5.32 Å². The zero-order valence-electron chi connectivity index (χ0n) is 15.9. The fraction of sp³-hybridized carbons (Fsp3) is 0.350. The number of aryl methyl sites for hydroxylation is 1. The third kappa shape index (κ3) is 7.03. The van der Waals surface area contributed by atoms with Crippen LogP contribution in [0.25, 0.3) is 0 Å². The van der Waals surface area contributed by atoms with Crippen molar-refractivity contribution in [3.05, 3.63) is 60.2 Å². The van der Waals surface area contributed by atoms with Gasteiger partial charge in [0.2, 0.25) is 10.0 Å². The van der Waals surface area contributed by atoms with Crippen LogP contribution in [-0.2, 0) is 16.4 Å². The SMILES string of the molecule is CC(C)NS(=O)(=O)c1ccc(NC(=O)NC(C)CCc2ccccc2)cc1. The maximum Gasteiger partial charge on any atom is 0.319 e. The van der Waals surface area contributed by atoms with Gasteiger partial charge in [-0.3, -0.25) is 0 Å². The van der Waals surface area contributed by atoms with E-state index in [-0.39, 0.29) is 23.0 Å². The normalized spacial score (nSPS) is 12.6. The van der Waals surface area contributed by atoms with E-state index >= 15 is 0 Å². The van der Waals surface area contributed by atoms with Gasteiger partial charge in [0.05, 0.1) is 4.90 Å². The zero-order chi connectivity index (χ0) is 19.9. The van der Waals surface area contributed by atoms with E-state index in [0.29, 0.717) is 5.69 Å². The number of carbonyl (C=O) groups is 1. The molecule has 2 aromatic rings. The smallest absolute Gasteiger partial charge is 0.319 e. The Labute approximate surface area is 161 Å². The lowest BCUT2D eigenvalue weighted by atomic mass is 10.1. The standard InChI is InChI=1S/C20H27N3O3S/c1-15(2)23-27(25,26)19-13-11-18(12-14-19)22-20(24)21-16(3)9-10-17-7-5-4-6-8-17/h4-8,11-16,23H,9-10H2,1-3H3,(H2,21,22,24). The van der Waals surface area contributed by atoms with Crippen LogP contribution < -0.4 is 15.4 Å². The summed E-state index contributed by atoms with van der Waals surface area (Å²) in [5.41, 5.74) is 1.77. The monoisotopic (exact) mass is 389 g/mol. The van der Waals surface area contributed by atoms with Gasteiger partial charge in [0.15, 0.2) is 0 Å². The number of urea groups is 1. The van der Waals surface area contributed by atoms with Gasteiger partial charge in [-0.15, -0.1) is 0 Å². The van der Waals surface area contributed by atoms with Crippen LogP contribution in [0.3, 0.4) is 0 Å². The molecule has 0 aliphatic rings. The van der Waals surface area contributed by atoms with Crippen molar-refractivity contribution in [1.29, 1.82) is 0 Å². The van der Waals surface area contributed by atoms with Gasteiger partial charge >= 0.3 is 6.03 Å². The molecule has 7 heteroatoms. The number of hydrogen-bond acceptors (Lipinski definition) is 3. The van der Waals surface area contributed by atoms with Crippen LogP contribution in [0.5, 0.6) is 0 Å². The maximum absolute atomic E-state index is 12.1. The van der Waals surface area contributed by atoms with E-state index in [2.05, 4.69) is 27.5 Å². The van der Waals surface area contributed by atoms with Gasteiger partial charge in [0.1, 0.15) is 0 Å². The van der Waals surface area contributed by atoms with E-state index in [1.54, 1.807) is 26.0 Å². The van der Waals surface area contributed by atoms with Gasteiger partial charge in [-0.2, -0.15) is 0 Å². The van der Waals surface area contributed by atoms with Crippen LogP contribution in [-0.4, -0.2) is 26.5 Å². The molecule has 0 aromatic heterocycles. The molecule has 2 amide bonds. The first-order chi connectivity index (χ1) is 12.8. The van der Waals surface area contributed by atoms with Crippen molar-refractivity contribution >= 4 is 21.7 Å². The summed E-state index contributed by atoms with van der Waals surface area (Å²) in [4.78, 5) is 12.3. The Balaban J connectivity index is 1.84. The Hall–Kier alpha value is -2.38. The molecule has 0 radical (unpaired) electrons. The van der Waals surface area contributed by atoms with Crippen molar-refractivity contribution in [2.45, 2.75) is 50.6 Å². The molecule has 3 N–H and O–H groups in total. The Bertz CT molecular complexity index is 835. The predicted octanol–water partition coefficient (Wildman–Crippen LogP) is 3.52. The molecule has 1 atom stereocenters. The molecule has 0 aliphatic heterocycles. The number of carbonyl (C=O) groups excluding carboxylic acids is 1. The highest BCUT2D eigenvalue weighted by Crippen LogP contribution is 2.14. The summed E-state index contributed by atoms with van der Waals surface area (Å²) in [6.07, 6.45) is 1.72. The molecule has 2 rings (SSSR count). The Morgan fingerprint density at radius 2 is 1.59 bits per heavy atom. The molecule has 27 heavy (non-hydrogen) atoms. The van der Waals surface area contributed by atoms with Gasteiger partial charge in [-0.1, -0.05) is 30.3 Å². The highest BCUT2D eigenvalue weighted by Gasteiger charge is 2.15. The van der Waals surface area contributed by atoms with Crippen molar-refractivity contribution in [3.8, 4) is 0 Å². The van der Waals surface area contributed by atoms with Crippen LogP contribution in [0.4, 0.5) is 10.5 Å². The molecule has 0 saturated carbocycles. The zero-order valence-corrected chi connectivity index (χ0v) is 16.7. The average Bonchev–Trinajstić information content (AvgIpc) is 2.60. The summed E-state index contributed by atoms with van der Waals surface area (Å²) >= 11 is 0. The summed E-state index contributed by atoms with van der Waals surface area (Å²) < 4.78 is 26.7. The van der Waals surface area contributed by atoms with E-state index in [0.717, 1.165) is 12.8 Å². The van der Waals surface area contributed by atoms with Crippen LogP contribution in [0.15, 0.2) is 59.5 Å². The number of rotatable bonds is 8. The fourth-order valence-corrected chi connectivity index (χ4v) is 3.84. The van der Waals surface area contributed by atoms with Gasteiger partial charge < -0.3 is 10.6 Å². The van der Waals surface area contributed by atoms with Crippen LogP contribution >= 0.6 is 0 Å². The molecule has 6 nitrogen and oxygen atoms in total. The number of hydrogen-bond donors (Lipinski definition) is 3. The molecular formula is C20H27N3O3S. The van der Waals surface area contributed by atoms with E-state index in [1.165, 1.54) is 17.7 Å². The van der Waals surface area contributed by atoms with Crippen molar-refractivity contribution in [2.24, 2.45) is 0 Å². The molecule has 0 saturated heterocycles. The quantitative estimate of drug-likeness (QED) is 0.645. The van der Waals surface area contributed by atoms with Crippen molar-refractivity contribution < 1.29 is 13.2 Å². The second kappa shape index (κ2) is 9.53. The minimum absolute atomic E-state index is 0.0140. The lowest BCUT2D eigenvalue weighted by molar-refractivity contribution is 0.248. The summed E-state index contributed by atoms with van der Waals surface area (Å²) in [7, 11) is -3.54. The van der Waals surface area contributed by atoms with E-state index in [4.69, 9.17) is 0 Å². The first-order valence-corrected chi connectivity index (χ1v) is 10.5. The summed E-state index contributed by atoms with van der Waals surface area (Å²) in [5.74, 6) is 0. The summed E-state index contributed by atoms with van der Waals surface area (Å²) in [6.45, 7) is 5.48. The molecule has 1 unspecified atom stereocenters. The molecule has 0 spiro atoms. The van der Waals surface area contributed by atoms with Crippen LogP contribution in [0, 0.1) is 0 Å². The Morgan fingerprint density at radius 1 is 0.963 bits per heavy atom. The Morgan fingerprint density at radius 3 is 2.19 bits per heavy atom. The number of nitrogens with one attached hydrogen (secondary N) is 3. The highest BCUT2D eigenvalue weighted by atomic mass is 32.2. The Kier molecular flexibility index (Phi) is 7.38. The first kappa shape index (κ1) is 20.9. The van der Waals surface area contributed by atoms with Crippen LogP contribution in [0.2, 0.25) is 0 Å². The van der Waals surface area contributed by atoms with E-state index < -0.39 is 10.0 Å². The molecule has 2 aromatic carbocycles. The van der Waals surface area contributed by atoms with Crippen LogP contribution in [0.1, 0.15) is 32.8 Å². The first-order valence-electron chi connectivity index (χ1n) is 9.00. The van der Waals surface area contributed by atoms with Crippen molar-refractivity contribution in [3.63, 3.8) is 0 Å². The molecule has 0 fully saturated rings. The molecule has 0 heterocycles. The van der Waals surface area contributed by atoms with Gasteiger partial charge in [-0.25, -0.2) is 17.9 Å². The third-order valence-electron chi connectivity index (χ3n) is 3.90. The molecule has 0 aliphatic carbocycles. The van der Waals surface area contributed by atoms with Gasteiger partial charge in [0.25, 0.3) is 0 Å². The number of sulfonamides is 1. The third-order valence-corrected chi connectivity index (χ3v) is 5.57. The fourth-order valence-electron chi connectivity index (χ4n) is 2.59. The summed E-state index contributed by atoms with van der Waals surface area (Å²) in [5, 5.41) is 5.61. The molecular weight excluding hydrogens is 362 g/mol. The van der Waals surface area contributed by atoms with E-state index in [1.807, 2.05) is 25.1 Å². The minimum atomic E-state index is -3.54. The second-order valence-corrected chi connectivity index (χ2v) is 8.54. The molecule has 146 valence electrons.